The van der Waals surface area contributed by atoms with E-state index in [2.05, 4.69) is 34.4 Å². The van der Waals surface area contributed by atoms with Gasteiger partial charge < -0.3 is 20.3 Å². The first kappa shape index (κ1) is 23.9. The predicted octanol–water partition coefficient (Wildman–Crippen LogP) is 3.10. The van der Waals surface area contributed by atoms with Gasteiger partial charge in [-0.3, -0.25) is 4.99 Å². The lowest BCUT2D eigenvalue weighted by atomic mass is 9.99. The molecule has 1 fully saturated rings. The molecule has 1 aliphatic heterocycles. The lowest BCUT2D eigenvalue weighted by Gasteiger charge is -2.30. The average molecular weight is 454 g/mol. The molecule has 2 N–H and O–H groups in total. The van der Waals surface area contributed by atoms with Crippen LogP contribution >= 0.6 is 24.0 Å². The minimum Gasteiger partial charge on any atom is -0.382 e. The monoisotopic (exact) mass is 454 g/mol. The molecule has 0 saturated carbocycles. The molecule has 0 aliphatic carbocycles. The number of aliphatic imine (C=N–C) groups is 1. The third kappa shape index (κ3) is 12.3. The van der Waals surface area contributed by atoms with Gasteiger partial charge in [-0.1, -0.05) is 6.92 Å². The molecule has 0 aromatic heterocycles. The summed E-state index contributed by atoms with van der Waals surface area (Å²) in [6, 6.07) is 0. The van der Waals surface area contributed by atoms with Gasteiger partial charge in [0.05, 0.1) is 0 Å². The van der Waals surface area contributed by atoms with Crippen molar-refractivity contribution >= 4 is 29.9 Å². The third-order valence-corrected chi connectivity index (χ3v) is 4.33. The van der Waals surface area contributed by atoms with Gasteiger partial charge in [-0.05, 0) is 71.5 Å². The highest BCUT2D eigenvalue weighted by Gasteiger charge is 2.14. The van der Waals surface area contributed by atoms with E-state index in [4.69, 9.17) is 4.74 Å². The molecule has 5 nitrogen and oxygen atoms in total. The van der Waals surface area contributed by atoms with E-state index in [0.29, 0.717) is 0 Å². The van der Waals surface area contributed by atoms with Crippen molar-refractivity contribution in [3.05, 3.63) is 0 Å². The van der Waals surface area contributed by atoms with E-state index in [0.717, 1.165) is 51.1 Å². The number of nitrogens with one attached hydrogen (secondary N) is 2. The molecule has 0 unspecified atom stereocenters. The van der Waals surface area contributed by atoms with Gasteiger partial charge in [0.25, 0.3) is 0 Å². The van der Waals surface area contributed by atoms with Crippen LogP contribution < -0.4 is 10.6 Å². The zero-order valence-electron chi connectivity index (χ0n) is 16.0. The SMILES string of the molecule is CCNC(=NCCCOCC)NCCCCN1CCC(C)CC1.I. The Morgan fingerprint density at radius 1 is 1.12 bits per heavy atom. The minimum absolute atomic E-state index is 0. The lowest BCUT2D eigenvalue weighted by molar-refractivity contribution is 0.146. The number of rotatable bonds is 11. The fourth-order valence-electron chi connectivity index (χ4n) is 2.80. The highest BCUT2D eigenvalue weighted by molar-refractivity contribution is 14.0. The second-order valence-electron chi connectivity index (χ2n) is 6.47. The van der Waals surface area contributed by atoms with Crippen molar-refractivity contribution in [3.63, 3.8) is 0 Å². The largest absolute Gasteiger partial charge is 0.382 e. The number of hydrogen-bond donors (Lipinski definition) is 2. The van der Waals surface area contributed by atoms with Crippen LogP contribution in [0.2, 0.25) is 0 Å². The fraction of sp³-hybridized carbons (Fsp3) is 0.944. The quantitative estimate of drug-likeness (QED) is 0.218. The second kappa shape index (κ2) is 16.4. The summed E-state index contributed by atoms with van der Waals surface area (Å²) in [6.07, 6.45) is 6.20. The smallest absolute Gasteiger partial charge is 0.191 e. The van der Waals surface area contributed by atoms with Crippen LogP contribution in [0, 0.1) is 5.92 Å². The first-order chi connectivity index (χ1) is 11.3. The van der Waals surface area contributed by atoms with Crippen LogP contribution in [0.15, 0.2) is 4.99 Å². The number of guanidine groups is 1. The highest BCUT2D eigenvalue weighted by atomic mass is 127. The molecule has 1 heterocycles. The van der Waals surface area contributed by atoms with Crippen molar-refractivity contribution in [1.82, 2.24) is 15.5 Å². The van der Waals surface area contributed by atoms with Gasteiger partial charge in [-0.2, -0.15) is 0 Å². The summed E-state index contributed by atoms with van der Waals surface area (Å²) < 4.78 is 5.34. The van der Waals surface area contributed by atoms with E-state index in [1.807, 2.05) is 6.92 Å². The number of likely N-dealkylation sites (tertiary alicyclic amines) is 1. The maximum absolute atomic E-state index is 5.34. The Morgan fingerprint density at radius 2 is 1.88 bits per heavy atom. The third-order valence-electron chi connectivity index (χ3n) is 4.33. The van der Waals surface area contributed by atoms with Crippen LogP contribution in [-0.4, -0.2) is 63.3 Å². The summed E-state index contributed by atoms with van der Waals surface area (Å²) in [5, 5.41) is 6.74. The van der Waals surface area contributed by atoms with E-state index >= 15 is 0 Å². The molecule has 0 aromatic carbocycles. The van der Waals surface area contributed by atoms with Gasteiger partial charge in [0, 0.05) is 32.8 Å². The Bertz CT molecular complexity index is 307. The van der Waals surface area contributed by atoms with Gasteiger partial charge in [0.2, 0.25) is 0 Å². The van der Waals surface area contributed by atoms with Crippen molar-refractivity contribution in [2.45, 2.75) is 52.9 Å². The fourth-order valence-corrected chi connectivity index (χ4v) is 2.80. The summed E-state index contributed by atoms with van der Waals surface area (Å²) in [5.41, 5.74) is 0. The van der Waals surface area contributed by atoms with Crippen molar-refractivity contribution in [2.24, 2.45) is 10.9 Å². The molecule has 0 aromatic rings. The van der Waals surface area contributed by atoms with Crippen molar-refractivity contribution in [2.75, 3.05) is 52.5 Å². The van der Waals surface area contributed by atoms with Crippen LogP contribution in [0.25, 0.3) is 0 Å². The normalized spacial score (nSPS) is 16.7. The summed E-state index contributed by atoms with van der Waals surface area (Å²) in [7, 11) is 0. The number of hydrogen-bond acceptors (Lipinski definition) is 3. The molecule has 24 heavy (non-hydrogen) atoms. The number of ether oxygens (including phenoxy) is 1. The highest BCUT2D eigenvalue weighted by Crippen LogP contribution is 2.15. The molecular formula is C18H39IN4O. The van der Waals surface area contributed by atoms with Gasteiger partial charge in [-0.25, -0.2) is 0 Å². The van der Waals surface area contributed by atoms with Crippen LogP contribution in [0.4, 0.5) is 0 Å². The first-order valence-corrected chi connectivity index (χ1v) is 9.58. The summed E-state index contributed by atoms with van der Waals surface area (Å²) in [4.78, 5) is 7.20. The minimum atomic E-state index is 0. The van der Waals surface area contributed by atoms with Gasteiger partial charge >= 0.3 is 0 Å². The Morgan fingerprint density at radius 3 is 2.54 bits per heavy atom. The van der Waals surface area contributed by atoms with Crippen molar-refractivity contribution in [1.29, 1.82) is 0 Å². The summed E-state index contributed by atoms with van der Waals surface area (Å²) >= 11 is 0. The molecule has 0 atom stereocenters. The van der Waals surface area contributed by atoms with E-state index in [1.165, 1.54) is 45.3 Å². The molecule has 1 saturated heterocycles. The molecule has 0 bridgehead atoms. The Hall–Kier alpha value is -0.0800. The molecule has 144 valence electrons. The Kier molecular flexibility index (Phi) is 16.3. The van der Waals surface area contributed by atoms with E-state index in [9.17, 15) is 0 Å². The Balaban J connectivity index is 0.00000529. The molecular weight excluding hydrogens is 415 g/mol. The van der Waals surface area contributed by atoms with E-state index in [1.54, 1.807) is 0 Å². The number of halogens is 1. The molecule has 0 amide bonds. The maximum Gasteiger partial charge on any atom is 0.191 e. The van der Waals surface area contributed by atoms with Crippen molar-refractivity contribution < 1.29 is 4.74 Å². The number of unbranched alkanes of at least 4 members (excludes halogenated alkanes) is 1. The zero-order valence-corrected chi connectivity index (χ0v) is 18.3. The second-order valence-corrected chi connectivity index (χ2v) is 6.47. The zero-order chi connectivity index (χ0) is 16.8. The molecule has 1 aliphatic rings. The molecule has 1 rings (SSSR count). The van der Waals surface area contributed by atoms with Crippen molar-refractivity contribution in [3.8, 4) is 0 Å². The van der Waals surface area contributed by atoms with Crippen LogP contribution in [-0.2, 0) is 4.74 Å². The van der Waals surface area contributed by atoms with Crippen LogP contribution in [0.3, 0.4) is 0 Å². The summed E-state index contributed by atoms with van der Waals surface area (Å²) in [6.45, 7) is 14.6. The van der Waals surface area contributed by atoms with Gasteiger partial charge in [0.15, 0.2) is 5.96 Å². The van der Waals surface area contributed by atoms with Crippen LogP contribution in [0.1, 0.15) is 52.9 Å². The first-order valence-electron chi connectivity index (χ1n) is 9.58. The number of piperidine rings is 1. The maximum atomic E-state index is 5.34. The predicted molar refractivity (Wildman–Crippen MR) is 115 cm³/mol. The lowest BCUT2D eigenvalue weighted by Crippen LogP contribution is -2.38. The van der Waals surface area contributed by atoms with E-state index in [-0.39, 0.29) is 24.0 Å². The standard InChI is InChI=1S/C18H38N4O.HI/c1-4-19-18(21-12-8-16-23-5-2)20-11-6-7-13-22-14-9-17(3)10-15-22;/h17H,4-16H2,1-3H3,(H2,19,20,21);1H. The summed E-state index contributed by atoms with van der Waals surface area (Å²) in [5.74, 6) is 1.87. The van der Waals surface area contributed by atoms with Gasteiger partial charge in [-0.15, -0.1) is 24.0 Å². The molecule has 0 radical (unpaired) electrons. The topological polar surface area (TPSA) is 48.9 Å². The van der Waals surface area contributed by atoms with E-state index < -0.39 is 0 Å². The van der Waals surface area contributed by atoms with Crippen LogP contribution in [0.5, 0.6) is 0 Å². The molecule has 6 heteroatoms. The molecule has 0 spiro atoms. The number of nitrogens with zero attached hydrogens (tertiary/aromatic N) is 2. The average Bonchev–Trinajstić information content (AvgIpc) is 2.56. The Labute approximate surface area is 166 Å². The van der Waals surface area contributed by atoms with Gasteiger partial charge in [0.1, 0.15) is 0 Å².